The van der Waals surface area contributed by atoms with Gasteiger partial charge in [-0.05, 0) is 31.7 Å². The van der Waals surface area contributed by atoms with E-state index in [1.807, 2.05) is 13.8 Å². The molecule has 0 saturated carbocycles. The maximum absolute atomic E-state index is 12.0. The standard InChI is InChI=1S/C13H19ClN2O2/c1-4-15-9(2)8-16-13(17)11-7-10(14)5-6-12(11)18-3/h5-7,9,15H,4,8H2,1-3H3,(H,16,17)/t9-/m1/s1. The van der Waals surface area contributed by atoms with E-state index in [-0.39, 0.29) is 11.9 Å². The number of ether oxygens (including phenoxy) is 1. The predicted octanol–water partition coefficient (Wildman–Crippen LogP) is 2.08. The highest BCUT2D eigenvalue weighted by Crippen LogP contribution is 2.22. The second kappa shape index (κ2) is 7.24. The van der Waals surface area contributed by atoms with Crippen molar-refractivity contribution in [3.8, 4) is 5.75 Å². The molecule has 0 spiro atoms. The van der Waals surface area contributed by atoms with Crippen LogP contribution < -0.4 is 15.4 Å². The van der Waals surface area contributed by atoms with E-state index in [2.05, 4.69) is 10.6 Å². The van der Waals surface area contributed by atoms with E-state index >= 15 is 0 Å². The first-order chi connectivity index (χ1) is 8.58. The van der Waals surface area contributed by atoms with E-state index in [9.17, 15) is 4.79 Å². The molecule has 0 heterocycles. The third-order valence-corrected chi connectivity index (χ3v) is 2.76. The second-order valence-corrected chi connectivity index (χ2v) is 4.45. The Balaban J connectivity index is 2.68. The highest BCUT2D eigenvalue weighted by Gasteiger charge is 2.13. The average molecular weight is 271 g/mol. The van der Waals surface area contributed by atoms with Gasteiger partial charge in [0.1, 0.15) is 5.75 Å². The summed E-state index contributed by atoms with van der Waals surface area (Å²) < 4.78 is 5.14. The number of amides is 1. The number of rotatable bonds is 6. The average Bonchev–Trinajstić information content (AvgIpc) is 2.36. The maximum atomic E-state index is 12.0. The molecule has 18 heavy (non-hydrogen) atoms. The molecule has 5 heteroatoms. The summed E-state index contributed by atoms with van der Waals surface area (Å²) in [5, 5.41) is 6.58. The van der Waals surface area contributed by atoms with Crippen molar-refractivity contribution < 1.29 is 9.53 Å². The van der Waals surface area contributed by atoms with E-state index < -0.39 is 0 Å². The third kappa shape index (κ3) is 4.20. The van der Waals surface area contributed by atoms with Crippen LogP contribution in [-0.2, 0) is 0 Å². The van der Waals surface area contributed by atoms with E-state index in [0.29, 0.717) is 22.9 Å². The molecule has 1 atom stereocenters. The number of benzene rings is 1. The fourth-order valence-electron chi connectivity index (χ4n) is 1.62. The zero-order valence-corrected chi connectivity index (χ0v) is 11.7. The van der Waals surface area contributed by atoms with Crippen molar-refractivity contribution in [1.29, 1.82) is 0 Å². The Morgan fingerprint density at radius 1 is 1.50 bits per heavy atom. The molecule has 0 aliphatic carbocycles. The summed E-state index contributed by atoms with van der Waals surface area (Å²) in [5.41, 5.74) is 0.452. The van der Waals surface area contributed by atoms with Crippen LogP contribution in [0.4, 0.5) is 0 Å². The summed E-state index contributed by atoms with van der Waals surface area (Å²) in [5.74, 6) is 0.340. The molecule has 4 nitrogen and oxygen atoms in total. The summed E-state index contributed by atoms with van der Waals surface area (Å²) >= 11 is 5.88. The molecule has 0 fully saturated rings. The number of hydrogen-bond acceptors (Lipinski definition) is 3. The normalized spacial score (nSPS) is 12.0. The number of nitrogens with one attached hydrogen (secondary N) is 2. The molecular formula is C13H19ClN2O2. The minimum Gasteiger partial charge on any atom is -0.496 e. The van der Waals surface area contributed by atoms with Gasteiger partial charge in [-0.25, -0.2) is 0 Å². The lowest BCUT2D eigenvalue weighted by Gasteiger charge is -2.14. The van der Waals surface area contributed by atoms with Gasteiger partial charge >= 0.3 is 0 Å². The monoisotopic (exact) mass is 270 g/mol. The number of likely N-dealkylation sites (N-methyl/N-ethyl adjacent to an activating group) is 1. The van der Waals surface area contributed by atoms with Gasteiger partial charge in [0.05, 0.1) is 12.7 Å². The number of methoxy groups -OCH3 is 1. The molecular weight excluding hydrogens is 252 g/mol. The second-order valence-electron chi connectivity index (χ2n) is 4.01. The van der Waals surface area contributed by atoms with Crippen LogP contribution >= 0.6 is 11.6 Å². The predicted molar refractivity (Wildman–Crippen MR) is 73.5 cm³/mol. The number of hydrogen-bond donors (Lipinski definition) is 2. The molecule has 0 radical (unpaired) electrons. The number of carbonyl (C=O) groups excluding carboxylic acids is 1. The van der Waals surface area contributed by atoms with Gasteiger partial charge in [-0.1, -0.05) is 18.5 Å². The van der Waals surface area contributed by atoms with E-state index in [4.69, 9.17) is 16.3 Å². The van der Waals surface area contributed by atoms with Gasteiger partial charge in [0.15, 0.2) is 0 Å². The highest BCUT2D eigenvalue weighted by molar-refractivity contribution is 6.31. The molecule has 0 bridgehead atoms. The molecule has 0 saturated heterocycles. The Morgan fingerprint density at radius 3 is 2.83 bits per heavy atom. The number of halogens is 1. The summed E-state index contributed by atoms with van der Waals surface area (Å²) in [6, 6.07) is 5.21. The van der Waals surface area contributed by atoms with Crippen LogP contribution in [0.1, 0.15) is 24.2 Å². The van der Waals surface area contributed by atoms with Crippen LogP contribution in [0, 0.1) is 0 Å². The molecule has 100 valence electrons. The lowest BCUT2D eigenvalue weighted by atomic mass is 10.2. The molecule has 2 N–H and O–H groups in total. The lowest BCUT2D eigenvalue weighted by Crippen LogP contribution is -2.38. The van der Waals surface area contributed by atoms with Crippen LogP contribution in [0.15, 0.2) is 18.2 Å². The fraction of sp³-hybridized carbons (Fsp3) is 0.462. The van der Waals surface area contributed by atoms with Crippen LogP contribution in [0.2, 0.25) is 5.02 Å². The van der Waals surface area contributed by atoms with Crippen molar-refractivity contribution in [3.05, 3.63) is 28.8 Å². The third-order valence-electron chi connectivity index (χ3n) is 2.53. The number of carbonyl (C=O) groups is 1. The Bertz CT molecular complexity index is 410. The Labute approximate surface area is 113 Å². The highest BCUT2D eigenvalue weighted by atomic mass is 35.5. The smallest absolute Gasteiger partial charge is 0.255 e. The van der Waals surface area contributed by atoms with Crippen molar-refractivity contribution in [3.63, 3.8) is 0 Å². The summed E-state index contributed by atoms with van der Waals surface area (Å²) in [4.78, 5) is 12.0. The van der Waals surface area contributed by atoms with Crippen molar-refractivity contribution in [2.45, 2.75) is 19.9 Å². The maximum Gasteiger partial charge on any atom is 0.255 e. The van der Waals surface area contributed by atoms with Crippen LogP contribution in [0.25, 0.3) is 0 Å². The van der Waals surface area contributed by atoms with Gasteiger partial charge in [-0.3, -0.25) is 4.79 Å². The minimum absolute atomic E-state index is 0.181. The van der Waals surface area contributed by atoms with E-state index in [1.165, 1.54) is 7.11 Å². The largest absolute Gasteiger partial charge is 0.496 e. The zero-order valence-electron chi connectivity index (χ0n) is 10.9. The van der Waals surface area contributed by atoms with Gasteiger partial charge in [0, 0.05) is 17.6 Å². The lowest BCUT2D eigenvalue weighted by molar-refractivity contribution is 0.0947. The Morgan fingerprint density at radius 2 is 2.22 bits per heavy atom. The summed E-state index contributed by atoms with van der Waals surface area (Å²) in [6.07, 6.45) is 0. The van der Waals surface area contributed by atoms with Gasteiger partial charge < -0.3 is 15.4 Å². The molecule has 1 aromatic carbocycles. The first-order valence-electron chi connectivity index (χ1n) is 5.93. The van der Waals surface area contributed by atoms with Crippen LogP contribution in [-0.4, -0.2) is 32.1 Å². The molecule has 0 aromatic heterocycles. The summed E-state index contributed by atoms with van der Waals surface area (Å²) in [6.45, 7) is 5.47. The van der Waals surface area contributed by atoms with E-state index in [0.717, 1.165) is 6.54 Å². The molecule has 1 aromatic rings. The fourth-order valence-corrected chi connectivity index (χ4v) is 1.79. The molecule has 0 aliphatic rings. The van der Waals surface area contributed by atoms with E-state index in [1.54, 1.807) is 18.2 Å². The Hall–Kier alpha value is -1.26. The van der Waals surface area contributed by atoms with Gasteiger partial charge in [0.2, 0.25) is 0 Å². The van der Waals surface area contributed by atoms with Crippen molar-refractivity contribution in [2.75, 3.05) is 20.2 Å². The molecule has 0 aliphatic heterocycles. The Kier molecular flexibility index (Phi) is 5.95. The topological polar surface area (TPSA) is 50.4 Å². The first-order valence-corrected chi connectivity index (χ1v) is 6.31. The summed E-state index contributed by atoms with van der Waals surface area (Å²) in [7, 11) is 1.53. The molecule has 0 unspecified atom stereocenters. The molecule has 1 rings (SSSR count). The van der Waals surface area contributed by atoms with Gasteiger partial charge in [-0.2, -0.15) is 0 Å². The van der Waals surface area contributed by atoms with Gasteiger partial charge in [-0.15, -0.1) is 0 Å². The van der Waals surface area contributed by atoms with Gasteiger partial charge in [0.25, 0.3) is 5.91 Å². The SMILES string of the molecule is CCN[C@H](C)CNC(=O)c1cc(Cl)ccc1OC. The first kappa shape index (κ1) is 14.8. The quantitative estimate of drug-likeness (QED) is 0.832. The van der Waals surface area contributed by atoms with Crippen LogP contribution in [0.3, 0.4) is 0 Å². The van der Waals surface area contributed by atoms with Crippen molar-refractivity contribution in [1.82, 2.24) is 10.6 Å². The minimum atomic E-state index is -0.181. The van der Waals surface area contributed by atoms with Crippen LogP contribution in [0.5, 0.6) is 5.75 Å². The van der Waals surface area contributed by atoms with Crippen molar-refractivity contribution in [2.24, 2.45) is 0 Å². The zero-order chi connectivity index (χ0) is 13.5. The molecule has 1 amide bonds. The van der Waals surface area contributed by atoms with Crippen molar-refractivity contribution >= 4 is 17.5 Å².